The van der Waals surface area contributed by atoms with Gasteiger partial charge in [-0.05, 0) is 23.8 Å². The van der Waals surface area contributed by atoms with E-state index >= 15 is 0 Å². The van der Waals surface area contributed by atoms with Crippen molar-refractivity contribution in [1.29, 1.82) is 0 Å². The van der Waals surface area contributed by atoms with Crippen molar-refractivity contribution in [2.75, 3.05) is 0 Å². The number of pyridine rings is 1. The molecule has 0 aliphatic carbocycles. The van der Waals surface area contributed by atoms with E-state index in [4.69, 9.17) is 22.1 Å². The molecule has 0 aliphatic rings. The summed E-state index contributed by atoms with van der Waals surface area (Å²) in [6.07, 6.45) is 3.17. The van der Waals surface area contributed by atoms with Crippen molar-refractivity contribution in [3.05, 3.63) is 59.5 Å². The monoisotopic (exact) mass is 301 g/mol. The lowest BCUT2D eigenvalue weighted by atomic mass is 10.3. The molecule has 0 bridgehead atoms. The largest absolute Gasteiger partial charge is 0.402 e. The molecule has 2 aromatic heterocycles. The number of aromatic nitrogens is 4. The first kappa shape index (κ1) is 13.5. The van der Waals surface area contributed by atoms with Gasteiger partial charge >= 0.3 is 6.01 Å². The Bertz CT molecular complexity index is 744. The van der Waals surface area contributed by atoms with Gasteiger partial charge in [0.15, 0.2) is 0 Å². The average molecular weight is 302 g/mol. The molecule has 0 amide bonds. The molecule has 0 atom stereocenters. The van der Waals surface area contributed by atoms with Crippen LogP contribution in [0.5, 0.6) is 11.9 Å². The third-order valence-corrected chi connectivity index (χ3v) is 3.05. The number of hydrogen-bond acceptors (Lipinski definition) is 5. The Hall–Kier alpha value is -2.44. The minimum absolute atomic E-state index is 0.175. The molecular weight excluding hydrogens is 290 g/mol. The molecule has 0 radical (unpaired) electrons. The van der Waals surface area contributed by atoms with Crippen molar-refractivity contribution in [3.8, 4) is 17.6 Å². The first-order valence-corrected chi connectivity index (χ1v) is 6.63. The van der Waals surface area contributed by atoms with Crippen molar-refractivity contribution >= 4 is 11.6 Å². The molecule has 0 unspecified atom stereocenters. The Labute approximate surface area is 126 Å². The quantitative estimate of drug-likeness (QED) is 0.801. The van der Waals surface area contributed by atoms with Crippen LogP contribution in [0, 0.1) is 0 Å². The fraction of sp³-hybridized carbons (Fsp3) is 0.0714. The third kappa shape index (κ3) is 3.01. The van der Waals surface area contributed by atoms with Gasteiger partial charge in [-0.1, -0.05) is 29.8 Å². The number of para-hydroxylation sites is 1. The summed E-state index contributed by atoms with van der Waals surface area (Å²) in [5, 5.41) is 4.59. The number of nitrogens with zero attached hydrogens (tertiary/aromatic N) is 4. The maximum absolute atomic E-state index is 6.08. The van der Waals surface area contributed by atoms with E-state index in [1.807, 2.05) is 30.3 Å². The van der Waals surface area contributed by atoms with Crippen LogP contribution >= 0.6 is 11.6 Å². The van der Waals surface area contributed by atoms with Crippen LogP contribution < -0.4 is 10.5 Å². The van der Waals surface area contributed by atoms with Gasteiger partial charge < -0.3 is 10.5 Å². The highest BCUT2D eigenvalue weighted by molar-refractivity contribution is 6.31. The predicted octanol–water partition coefficient (Wildman–Crippen LogP) is 2.57. The van der Waals surface area contributed by atoms with Crippen molar-refractivity contribution in [1.82, 2.24) is 19.7 Å². The van der Waals surface area contributed by atoms with Gasteiger partial charge in [-0.25, -0.2) is 9.67 Å². The van der Waals surface area contributed by atoms with E-state index < -0.39 is 0 Å². The van der Waals surface area contributed by atoms with Crippen LogP contribution in [0.4, 0.5) is 0 Å². The summed E-state index contributed by atoms with van der Waals surface area (Å²) >= 11 is 6.08. The van der Waals surface area contributed by atoms with Crippen LogP contribution in [0.25, 0.3) is 5.69 Å². The Morgan fingerprint density at radius 3 is 2.71 bits per heavy atom. The smallest absolute Gasteiger partial charge is 0.342 e. The van der Waals surface area contributed by atoms with E-state index in [0.29, 0.717) is 11.6 Å². The molecule has 1 aromatic carbocycles. The molecule has 2 heterocycles. The molecule has 7 heteroatoms. The second kappa shape index (κ2) is 5.90. The van der Waals surface area contributed by atoms with Crippen molar-refractivity contribution < 1.29 is 4.74 Å². The summed E-state index contributed by atoms with van der Waals surface area (Å²) < 4.78 is 7.09. The van der Waals surface area contributed by atoms with E-state index in [0.717, 1.165) is 11.3 Å². The number of hydrogen-bond donors (Lipinski definition) is 1. The molecule has 0 saturated carbocycles. The Morgan fingerprint density at radius 1 is 1.19 bits per heavy atom. The van der Waals surface area contributed by atoms with E-state index in [1.165, 1.54) is 0 Å². The molecule has 6 nitrogen and oxygen atoms in total. The molecule has 0 aliphatic heterocycles. The normalized spacial score (nSPS) is 10.6. The highest BCUT2D eigenvalue weighted by Gasteiger charge is 2.10. The minimum Gasteiger partial charge on any atom is -0.402 e. The maximum Gasteiger partial charge on any atom is 0.342 e. The summed E-state index contributed by atoms with van der Waals surface area (Å²) in [5.41, 5.74) is 7.24. The average Bonchev–Trinajstić information content (AvgIpc) is 2.99. The van der Waals surface area contributed by atoms with E-state index in [1.54, 1.807) is 23.3 Å². The maximum atomic E-state index is 6.08. The lowest BCUT2D eigenvalue weighted by Gasteiger charge is -2.04. The summed E-state index contributed by atoms with van der Waals surface area (Å²) in [7, 11) is 0. The van der Waals surface area contributed by atoms with Crippen LogP contribution in [0.15, 0.2) is 48.9 Å². The van der Waals surface area contributed by atoms with Crippen LogP contribution in [-0.4, -0.2) is 19.7 Å². The van der Waals surface area contributed by atoms with Gasteiger partial charge in [0.2, 0.25) is 5.88 Å². The van der Waals surface area contributed by atoms with Gasteiger partial charge in [0.05, 0.1) is 5.69 Å². The Morgan fingerprint density at radius 2 is 2.00 bits per heavy atom. The number of benzene rings is 1. The van der Waals surface area contributed by atoms with Crippen molar-refractivity contribution in [3.63, 3.8) is 0 Å². The Balaban J connectivity index is 1.82. The SMILES string of the molecule is NCc1cnc(Oc2ncn(-c3ccccc3)n2)c(Cl)c1. The topological polar surface area (TPSA) is 78.9 Å². The molecular formula is C14H12ClN5O. The van der Waals surface area contributed by atoms with Gasteiger partial charge in [0.25, 0.3) is 0 Å². The van der Waals surface area contributed by atoms with Gasteiger partial charge in [0.1, 0.15) is 11.3 Å². The summed E-state index contributed by atoms with van der Waals surface area (Å²) in [6.45, 7) is 0.369. The molecule has 3 rings (SSSR count). The molecule has 106 valence electrons. The predicted molar refractivity (Wildman–Crippen MR) is 78.6 cm³/mol. The van der Waals surface area contributed by atoms with E-state index in [2.05, 4.69) is 15.1 Å². The number of rotatable bonds is 4. The summed E-state index contributed by atoms with van der Waals surface area (Å²) in [6, 6.07) is 11.5. The zero-order valence-corrected chi connectivity index (χ0v) is 11.7. The zero-order valence-electron chi connectivity index (χ0n) is 11.0. The highest BCUT2D eigenvalue weighted by atomic mass is 35.5. The molecule has 21 heavy (non-hydrogen) atoms. The van der Waals surface area contributed by atoms with Gasteiger partial charge in [-0.3, -0.25) is 0 Å². The summed E-state index contributed by atoms with van der Waals surface area (Å²) in [4.78, 5) is 8.18. The molecule has 0 spiro atoms. The first-order valence-electron chi connectivity index (χ1n) is 6.25. The van der Waals surface area contributed by atoms with Gasteiger partial charge in [0, 0.05) is 12.7 Å². The lowest BCUT2D eigenvalue weighted by Crippen LogP contribution is -1.99. The van der Waals surface area contributed by atoms with Crippen LogP contribution in [0.1, 0.15) is 5.56 Å². The molecule has 3 aromatic rings. The number of halogens is 1. The molecule has 0 saturated heterocycles. The minimum atomic E-state index is 0.175. The van der Waals surface area contributed by atoms with Gasteiger partial charge in [-0.15, -0.1) is 5.10 Å². The van der Waals surface area contributed by atoms with Gasteiger partial charge in [-0.2, -0.15) is 4.98 Å². The van der Waals surface area contributed by atoms with E-state index in [-0.39, 0.29) is 11.9 Å². The van der Waals surface area contributed by atoms with Crippen LogP contribution in [0.2, 0.25) is 5.02 Å². The zero-order chi connectivity index (χ0) is 14.7. The number of nitrogens with two attached hydrogens (primary N) is 1. The summed E-state index contributed by atoms with van der Waals surface area (Å²) in [5.74, 6) is 0.250. The fourth-order valence-corrected chi connectivity index (χ4v) is 1.97. The van der Waals surface area contributed by atoms with Crippen LogP contribution in [-0.2, 0) is 6.54 Å². The van der Waals surface area contributed by atoms with Crippen molar-refractivity contribution in [2.24, 2.45) is 5.73 Å². The fourth-order valence-electron chi connectivity index (χ4n) is 1.74. The third-order valence-electron chi connectivity index (χ3n) is 2.78. The highest BCUT2D eigenvalue weighted by Crippen LogP contribution is 2.25. The Kier molecular flexibility index (Phi) is 3.81. The lowest BCUT2D eigenvalue weighted by molar-refractivity contribution is 0.424. The standard InChI is InChI=1S/C14H12ClN5O/c15-12-6-10(7-16)8-17-13(12)21-14-18-9-20(19-14)11-4-2-1-3-5-11/h1-6,8-9H,7,16H2. The van der Waals surface area contributed by atoms with Crippen molar-refractivity contribution in [2.45, 2.75) is 6.54 Å². The molecule has 2 N–H and O–H groups in total. The number of ether oxygens (including phenoxy) is 1. The second-order valence-electron chi connectivity index (χ2n) is 4.24. The van der Waals surface area contributed by atoms with Crippen LogP contribution in [0.3, 0.4) is 0 Å². The van der Waals surface area contributed by atoms with E-state index in [9.17, 15) is 0 Å². The second-order valence-corrected chi connectivity index (χ2v) is 4.65. The molecule has 0 fully saturated rings. The first-order chi connectivity index (χ1) is 10.3.